The highest BCUT2D eigenvalue weighted by atomic mass is 35.5. The van der Waals surface area contributed by atoms with E-state index in [0.29, 0.717) is 67.8 Å². The minimum atomic E-state index is -1.23. The number of piperidine rings is 1. The Morgan fingerprint density at radius 3 is 2.60 bits per heavy atom. The van der Waals surface area contributed by atoms with Crippen molar-refractivity contribution in [2.75, 3.05) is 19.8 Å². The number of aromatic carboxylic acids is 1. The lowest BCUT2D eigenvalue weighted by atomic mass is 10.1. The fraction of sp³-hybridized carbons (Fsp3) is 0.400. The summed E-state index contributed by atoms with van der Waals surface area (Å²) < 4.78 is 55.5. The van der Waals surface area contributed by atoms with Crippen LogP contribution in [0.3, 0.4) is 0 Å². The number of aromatic nitrogens is 4. The Labute approximate surface area is 250 Å². The number of rotatable bonds is 11. The Morgan fingerprint density at radius 1 is 1.12 bits per heavy atom. The fourth-order valence-electron chi connectivity index (χ4n) is 5.30. The van der Waals surface area contributed by atoms with Crippen LogP contribution in [0.15, 0.2) is 42.6 Å². The maximum absolute atomic E-state index is 14.9. The largest absolute Gasteiger partial charge is 0.484 e. The van der Waals surface area contributed by atoms with Crippen molar-refractivity contribution in [1.82, 2.24) is 24.4 Å². The number of ether oxygens (including phenoxy) is 2. The number of carboxylic acids is 1. The van der Waals surface area contributed by atoms with Gasteiger partial charge in [-0.3, -0.25) is 9.29 Å². The molecule has 2 fully saturated rings. The van der Waals surface area contributed by atoms with E-state index in [1.807, 2.05) is 0 Å². The molecule has 43 heavy (non-hydrogen) atoms. The average Bonchev–Trinajstić information content (AvgIpc) is 3.69. The summed E-state index contributed by atoms with van der Waals surface area (Å²) >= 11 is 6.02. The van der Waals surface area contributed by atoms with Gasteiger partial charge < -0.3 is 19.1 Å². The van der Waals surface area contributed by atoms with Crippen LogP contribution in [0.25, 0.3) is 11.0 Å². The highest BCUT2D eigenvalue weighted by Crippen LogP contribution is 2.48. The number of likely N-dealkylation sites (tertiary alicyclic amines) is 1. The SMILES string of the molecule is O=C(O)c1cc(F)c2nc(CN3CCC(Oc4ccnc(COc5ccc(F)cc5Cl)n4)CC3)n(CC3(CF)CC3)c2c1. The smallest absolute Gasteiger partial charge is 0.335 e. The first-order valence-electron chi connectivity index (χ1n) is 14.0. The van der Waals surface area contributed by atoms with Gasteiger partial charge in [0.05, 0.1) is 29.3 Å². The number of imidazole rings is 1. The molecule has 3 heterocycles. The summed E-state index contributed by atoms with van der Waals surface area (Å²) in [6, 6.07) is 7.92. The third-order valence-electron chi connectivity index (χ3n) is 7.99. The molecule has 9 nitrogen and oxygen atoms in total. The number of carbonyl (C=O) groups is 1. The first-order valence-corrected chi connectivity index (χ1v) is 14.4. The zero-order chi connectivity index (χ0) is 30.1. The summed E-state index contributed by atoms with van der Waals surface area (Å²) in [5.74, 6) is -0.704. The van der Waals surface area contributed by atoms with Crippen molar-refractivity contribution in [2.24, 2.45) is 5.41 Å². The molecule has 1 aliphatic carbocycles. The molecular formula is C30H29ClF3N5O4. The summed E-state index contributed by atoms with van der Waals surface area (Å²) in [7, 11) is 0. The minimum Gasteiger partial charge on any atom is -0.484 e. The Balaban J connectivity index is 1.10. The van der Waals surface area contributed by atoms with Crippen LogP contribution in [0.2, 0.25) is 5.02 Å². The summed E-state index contributed by atoms with van der Waals surface area (Å²) in [5.41, 5.74) is -0.209. The maximum Gasteiger partial charge on any atom is 0.335 e. The lowest BCUT2D eigenvalue weighted by molar-refractivity contribution is 0.0696. The van der Waals surface area contributed by atoms with Crippen molar-refractivity contribution in [3.63, 3.8) is 0 Å². The van der Waals surface area contributed by atoms with Gasteiger partial charge in [0.1, 0.15) is 35.6 Å². The molecule has 0 amide bonds. The van der Waals surface area contributed by atoms with E-state index in [-0.39, 0.29) is 28.8 Å². The molecule has 0 atom stereocenters. The average molecular weight is 616 g/mol. The predicted molar refractivity (Wildman–Crippen MR) is 151 cm³/mol. The van der Waals surface area contributed by atoms with E-state index < -0.39 is 29.7 Å². The predicted octanol–water partition coefficient (Wildman–Crippen LogP) is 5.83. The standard InChI is InChI=1S/C30H29ClF3N5O4/c31-21-13-19(33)1-2-24(21)42-15-25-35-8-3-27(36-25)43-20-4-9-38(10-5-20)14-26-37-28-22(34)11-18(29(40)41)12-23(28)39(26)17-30(16-32)6-7-30/h1-3,8,11-13,20H,4-7,9-10,14-17H2,(H,40,41). The molecule has 2 aromatic carbocycles. The van der Waals surface area contributed by atoms with Gasteiger partial charge in [0.25, 0.3) is 0 Å². The highest BCUT2D eigenvalue weighted by Gasteiger charge is 2.44. The fourth-order valence-corrected chi connectivity index (χ4v) is 5.52. The maximum atomic E-state index is 14.9. The zero-order valence-electron chi connectivity index (χ0n) is 23.1. The quantitative estimate of drug-likeness (QED) is 0.225. The van der Waals surface area contributed by atoms with Crippen molar-refractivity contribution in [3.8, 4) is 11.6 Å². The van der Waals surface area contributed by atoms with E-state index >= 15 is 0 Å². The first kappa shape index (κ1) is 29.2. The topological polar surface area (TPSA) is 103 Å². The molecule has 2 aliphatic rings. The Hall–Kier alpha value is -3.90. The van der Waals surface area contributed by atoms with Crippen LogP contribution in [0.4, 0.5) is 13.2 Å². The van der Waals surface area contributed by atoms with Gasteiger partial charge in [-0.15, -0.1) is 0 Å². The molecule has 1 saturated carbocycles. The van der Waals surface area contributed by atoms with Gasteiger partial charge in [0.2, 0.25) is 5.88 Å². The second kappa shape index (κ2) is 12.0. The second-order valence-corrected chi connectivity index (χ2v) is 11.6. The summed E-state index contributed by atoms with van der Waals surface area (Å²) in [6.45, 7) is 1.62. The number of halogens is 4. The molecule has 0 bridgehead atoms. The molecule has 1 saturated heterocycles. The summed E-state index contributed by atoms with van der Waals surface area (Å²) in [5, 5.41) is 9.60. The third-order valence-corrected chi connectivity index (χ3v) is 8.28. The molecule has 13 heteroatoms. The molecule has 0 radical (unpaired) electrons. The normalized spacial score (nSPS) is 16.8. The van der Waals surface area contributed by atoms with Gasteiger partial charge in [-0.25, -0.2) is 23.5 Å². The number of hydrogen-bond donors (Lipinski definition) is 1. The van der Waals surface area contributed by atoms with Crippen molar-refractivity contribution >= 4 is 28.6 Å². The van der Waals surface area contributed by atoms with Crippen LogP contribution in [-0.4, -0.2) is 61.4 Å². The molecule has 0 unspecified atom stereocenters. The molecule has 0 spiro atoms. The molecule has 1 aliphatic heterocycles. The van der Waals surface area contributed by atoms with Gasteiger partial charge in [-0.2, -0.15) is 4.98 Å². The van der Waals surface area contributed by atoms with Crippen molar-refractivity contribution in [1.29, 1.82) is 0 Å². The number of benzene rings is 2. The number of fused-ring (bicyclic) bond motifs is 1. The molecule has 4 aromatic rings. The number of carboxylic acid groups (broad SMARTS) is 1. The Kier molecular flexibility index (Phi) is 8.15. The van der Waals surface area contributed by atoms with Gasteiger partial charge in [0.15, 0.2) is 11.6 Å². The molecular weight excluding hydrogens is 587 g/mol. The number of alkyl halides is 1. The minimum absolute atomic E-state index is 0.0280. The van der Waals surface area contributed by atoms with Crippen LogP contribution >= 0.6 is 11.6 Å². The van der Waals surface area contributed by atoms with Crippen molar-refractivity contribution in [2.45, 2.75) is 51.5 Å². The first-order chi connectivity index (χ1) is 20.7. The van der Waals surface area contributed by atoms with Gasteiger partial charge in [-0.1, -0.05) is 11.6 Å². The summed E-state index contributed by atoms with van der Waals surface area (Å²) in [4.78, 5) is 26.9. The van der Waals surface area contributed by atoms with Crippen LogP contribution in [-0.2, 0) is 19.7 Å². The van der Waals surface area contributed by atoms with Crippen LogP contribution in [0, 0.1) is 17.0 Å². The van der Waals surface area contributed by atoms with Gasteiger partial charge in [0, 0.05) is 37.3 Å². The summed E-state index contributed by atoms with van der Waals surface area (Å²) in [6.07, 6.45) is 4.33. The van der Waals surface area contributed by atoms with Crippen molar-refractivity contribution < 1.29 is 32.5 Å². The number of nitrogens with zero attached hydrogens (tertiary/aromatic N) is 5. The van der Waals surface area contributed by atoms with Gasteiger partial charge in [-0.05, 0) is 56.0 Å². The Morgan fingerprint density at radius 2 is 1.91 bits per heavy atom. The molecule has 2 aromatic heterocycles. The van der Waals surface area contributed by atoms with E-state index in [4.69, 9.17) is 21.1 Å². The van der Waals surface area contributed by atoms with E-state index in [1.165, 1.54) is 24.3 Å². The van der Waals surface area contributed by atoms with E-state index in [1.54, 1.807) is 16.8 Å². The van der Waals surface area contributed by atoms with E-state index in [0.717, 1.165) is 18.9 Å². The molecule has 6 rings (SSSR count). The van der Waals surface area contributed by atoms with Crippen LogP contribution < -0.4 is 9.47 Å². The third kappa shape index (κ3) is 6.54. The molecule has 1 N–H and O–H groups in total. The highest BCUT2D eigenvalue weighted by molar-refractivity contribution is 6.32. The monoisotopic (exact) mass is 615 g/mol. The van der Waals surface area contributed by atoms with Gasteiger partial charge >= 0.3 is 5.97 Å². The van der Waals surface area contributed by atoms with E-state index in [2.05, 4.69) is 19.9 Å². The second-order valence-electron chi connectivity index (χ2n) is 11.1. The lowest BCUT2D eigenvalue weighted by Gasteiger charge is -2.31. The van der Waals surface area contributed by atoms with Crippen LogP contribution in [0.1, 0.15) is 47.7 Å². The number of hydrogen-bond acceptors (Lipinski definition) is 7. The zero-order valence-corrected chi connectivity index (χ0v) is 23.9. The molecule has 226 valence electrons. The Bertz CT molecular complexity index is 1660. The lowest BCUT2D eigenvalue weighted by Crippen LogP contribution is -2.38. The van der Waals surface area contributed by atoms with E-state index in [9.17, 15) is 23.1 Å². The van der Waals surface area contributed by atoms with Crippen LogP contribution in [0.5, 0.6) is 11.6 Å². The van der Waals surface area contributed by atoms with Crippen molar-refractivity contribution in [3.05, 3.63) is 76.5 Å².